The smallest absolute Gasteiger partial charge is 0.187 e. The predicted octanol–water partition coefficient (Wildman–Crippen LogP) is 14.6. The maximum absolute atomic E-state index is 11.0. The molecule has 0 aliphatic heterocycles. The Kier molecular flexibility index (Phi) is 10.9. The van der Waals surface area contributed by atoms with Gasteiger partial charge in [-0.2, -0.15) is 0 Å². The van der Waals surface area contributed by atoms with E-state index in [2.05, 4.69) is 142 Å². The summed E-state index contributed by atoms with van der Waals surface area (Å²) in [6.45, 7) is 21.0. The molecule has 0 aliphatic rings. The molecule has 0 spiro atoms. The number of pyridine rings is 2. The Balaban J connectivity index is 0.00000514. The van der Waals surface area contributed by atoms with Crippen LogP contribution in [0.2, 0.25) is 0 Å². The number of phenolic OH excluding ortho intramolecular Hbond substituents is 1. The molecular weight excluding hydrogens is 928 g/mol. The van der Waals surface area contributed by atoms with Gasteiger partial charge in [0.2, 0.25) is 0 Å². The zero-order valence-corrected chi connectivity index (χ0v) is 37.3. The average molecular weight is 973 g/mol. The summed E-state index contributed by atoms with van der Waals surface area (Å²) in [6.07, 6.45) is 1.87. The van der Waals surface area contributed by atoms with Crippen LogP contribution in [0.3, 0.4) is 0 Å². The summed E-state index contributed by atoms with van der Waals surface area (Å²) in [5, 5.41) is 13.4. The summed E-state index contributed by atoms with van der Waals surface area (Å²) in [4.78, 5) is 13.7. The minimum atomic E-state index is -0.0529. The van der Waals surface area contributed by atoms with Crippen molar-refractivity contribution in [3.63, 3.8) is 0 Å². The number of benzene rings is 6. The molecule has 302 valence electrons. The molecule has 0 fully saturated rings. The van der Waals surface area contributed by atoms with E-state index in [9.17, 15) is 5.11 Å². The minimum Gasteiger partial charge on any atom is -0.507 e. The van der Waals surface area contributed by atoms with Gasteiger partial charge in [-0.3, -0.25) is 9.97 Å². The van der Waals surface area contributed by atoms with Crippen molar-refractivity contribution in [1.29, 1.82) is 0 Å². The zero-order chi connectivity index (χ0) is 41.8. The molecule has 0 saturated heterocycles. The minimum absolute atomic E-state index is 0. The van der Waals surface area contributed by atoms with Crippen LogP contribution in [0.4, 0.5) is 5.69 Å². The van der Waals surface area contributed by atoms with Crippen LogP contribution in [0.1, 0.15) is 52.7 Å². The van der Waals surface area contributed by atoms with Crippen molar-refractivity contribution < 1.29 is 26.2 Å². The monoisotopic (exact) mass is 972 g/mol. The van der Waals surface area contributed by atoms with E-state index in [1.165, 1.54) is 11.1 Å². The second kappa shape index (κ2) is 16.1. The fourth-order valence-electron chi connectivity index (χ4n) is 8.03. The third kappa shape index (κ3) is 7.93. The Hall–Kier alpha value is -6.60. The number of hydrogen-bond donors (Lipinski definition) is 1. The van der Waals surface area contributed by atoms with Gasteiger partial charge in [-0.1, -0.05) is 144 Å². The Labute approximate surface area is 372 Å². The summed E-state index contributed by atoms with van der Waals surface area (Å²) < 4.78 is 2.29. The topological polar surface area (TPSA) is 55.3 Å². The number of fused-ring (bicyclic) bond motifs is 3. The third-order valence-electron chi connectivity index (χ3n) is 11.4. The quantitative estimate of drug-likeness (QED) is 0.169. The molecule has 0 radical (unpaired) electrons. The Bertz CT molecular complexity index is 3110. The average Bonchev–Trinajstić information content (AvgIpc) is 3.60. The number of hydrogen-bond acceptors (Lipinski definition) is 3. The summed E-state index contributed by atoms with van der Waals surface area (Å²) in [6, 6.07) is 55.3. The first kappa shape index (κ1) is 41.1. The summed E-state index contributed by atoms with van der Waals surface area (Å²) in [5.74, 6) is 0.181. The SMILES string of the molecule is [C-]#[N+]c1ccc(-n2c3ccccc3c3cccc(-c4ccnc(-c5[c-]c(-c6cc(-c7cc(C(C)(C)C)cc(C(C)(C)C)c7)cc(-c7ccccc7O)n6)ccc5)c4)c32)cc1.[Pt]. The number of phenols is 1. The van der Waals surface area contributed by atoms with Gasteiger partial charge in [0.25, 0.3) is 0 Å². The molecule has 0 amide bonds. The van der Waals surface area contributed by atoms with E-state index in [-0.39, 0.29) is 37.6 Å². The van der Waals surface area contributed by atoms with Gasteiger partial charge in [0.05, 0.1) is 23.3 Å². The predicted molar refractivity (Wildman–Crippen MR) is 248 cm³/mol. The first-order chi connectivity index (χ1) is 28.9. The van der Waals surface area contributed by atoms with Gasteiger partial charge in [-0.25, -0.2) is 4.85 Å². The van der Waals surface area contributed by atoms with Gasteiger partial charge in [0.1, 0.15) is 5.75 Å². The first-order valence-corrected chi connectivity index (χ1v) is 20.3. The van der Waals surface area contributed by atoms with Crippen molar-refractivity contribution in [2.24, 2.45) is 0 Å². The zero-order valence-electron chi connectivity index (χ0n) is 35.1. The second-order valence-electron chi connectivity index (χ2n) is 17.5. The number of nitrogens with zero attached hydrogens (tertiary/aromatic N) is 4. The van der Waals surface area contributed by atoms with Crippen LogP contribution in [0.25, 0.3) is 88.4 Å². The first-order valence-electron chi connectivity index (χ1n) is 20.3. The molecular formula is C55H45N4OPt-. The molecule has 0 unspecified atom stereocenters. The standard InChI is InChI=1S/C55H45N4O.Pt/c1-54(2,3)40-29-38(30-41(34-40)55(4,5)6)39-32-49(58-50(33-39)47-17-9-11-21-52(47)60)37-15-12-14-36(28-37)48-31-35(26-27-57-48)44-18-13-19-46-45-16-8-10-20-51(45)59(53(44)46)43-24-22-42(56-7)23-25-43;/h8-27,29-34,60H,1-6H3;/q-1;. The van der Waals surface area contributed by atoms with E-state index >= 15 is 0 Å². The van der Waals surface area contributed by atoms with Gasteiger partial charge in [-0.05, 0) is 81.1 Å². The van der Waals surface area contributed by atoms with Gasteiger partial charge in [0, 0.05) is 66.2 Å². The van der Waals surface area contributed by atoms with E-state index in [1.54, 1.807) is 6.07 Å². The molecule has 0 saturated carbocycles. The third-order valence-corrected chi connectivity index (χ3v) is 11.4. The largest absolute Gasteiger partial charge is 0.507 e. The normalized spacial score (nSPS) is 11.7. The maximum atomic E-state index is 11.0. The van der Waals surface area contributed by atoms with Crippen LogP contribution in [0.5, 0.6) is 5.75 Å². The molecule has 6 heteroatoms. The van der Waals surface area contributed by atoms with Crippen molar-refractivity contribution in [1.82, 2.24) is 14.5 Å². The van der Waals surface area contributed by atoms with E-state index in [4.69, 9.17) is 16.5 Å². The fraction of sp³-hybridized carbons (Fsp3) is 0.145. The van der Waals surface area contributed by atoms with Crippen molar-refractivity contribution in [3.8, 4) is 67.5 Å². The van der Waals surface area contributed by atoms with E-state index in [1.807, 2.05) is 66.9 Å². The van der Waals surface area contributed by atoms with E-state index in [0.29, 0.717) is 16.9 Å². The molecule has 61 heavy (non-hydrogen) atoms. The second-order valence-corrected chi connectivity index (χ2v) is 17.5. The van der Waals surface area contributed by atoms with Crippen LogP contribution >= 0.6 is 0 Å². The summed E-state index contributed by atoms with van der Waals surface area (Å²) in [5.41, 5.74) is 15.0. The van der Waals surface area contributed by atoms with E-state index in [0.717, 1.165) is 72.3 Å². The fourth-order valence-corrected chi connectivity index (χ4v) is 8.03. The van der Waals surface area contributed by atoms with Crippen molar-refractivity contribution in [2.75, 3.05) is 0 Å². The van der Waals surface area contributed by atoms with Crippen molar-refractivity contribution in [2.45, 2.75) is 52.4 Å². The number of rotatable bonds is 6. The molecule has 0 aliphatic carbocycles. The molecule has 9 rings (SSSR count). The number of aromatic hydroxyl groups is 1. The van der Waals surface area contributed by atoms with Crippen LogP contribution in [0, 0.1) is 12.6 Å². The molecule has 5 nitrogen and oxygen atoms in total. The van der Waals surface area contributed by atoms with Crippen LogP contribution < -0.4 is 0 Å². The number of para-hydroxylation sites is 3. The molecule has 3 heterocycles. The van der Waals surface area contributed by atoms with Gasteiger partial charge in [-0.15, -0.1) is 24.3 Å². The van der Waals surface area contributed by atoms with Crippen molar-refractivity contribution >= 4 is 27.5 Å². The van der Waals surface area contributed by atoms with E-state index < -0.39 is 0 Å². The Morgan fingerprint density at radius 2 is 1.16 bits per heavy atom. The number of aromatic nitrogens is 3. The molecule has 9 aromatic rings. The van der Waals surface area contributed by atoms with Crippen molar-refractivity contribution in [3.05, 3.63) is 186 Å². The Morgan fingerprint density at radius 3 is 1.87 bits per heavy atom. The van der Waals surface area contributed by atoms with Gasteiger partial charge < -0.3 is 9.67 Å². The molecule has 3 aromatic heterocycles. The molecule has 0 bridgehead atoms. The van der Waals surface area contributed by atoms with Crippen LogP contribution in [-0.4, -0.2) is 19.6 Å². The van der Waals surface area contributed by atoms with Gasteiger partial charge >= 0.3 is 0 Å². The Morgan fingerprint density at radius 1 is 0.574 bits per heavy atom. The summed E-state index contributed by atoms with van der Waals surface area (Å²) in [7, 11) is 0. The molecule has 0 atom stereocenters. The van der Waals surface area contributed by atoms with Crippen LogP contribution in [-0.2, 0) is 31.9 Å². The summed E-state index contributed by atoms with van der Waals surface area (Å²) >= 11 is 0. The van der Waals surface area contributed by atoms with Gasteiger partial charge in [0.15, 0.2) is 5.69 Å². The molecule has 1 N–H and O–H groups in total. The molecule has 6 aromatic carbocycles. The maximum Gasteiger partial charge on any atom is 0.187 e. The van der Waals surface area contributed by atoms with Crippen LogP contribution in [0.15, 0.2) is 158 Å².